The SMILES string of the molecule is C=CC(/C=C\c1ccc(OC)c(O)c1)c1ccc(O)cc1. The van der Waals surface area contributed by atoms with Gasteiger partial charge in [-0.2, -0.15) is 0 Å². The van der Waals surface area contributed by atoms with Crippen molar-refractivity contribution in [2.24, 2.45) is 0 Å². The normalized spacial score (nSPS) is 12.2. The maximum atomic E-state index is 9.75. The van der Waals surface area contributed by atoms with Gasteiger partial charge in [0.1, 0.15) is 5.75 Å². The Morgan fingerprint density at radius 3 is 2.38 bits per heavy atom. The van der Waals surface area contributed by atoms with E-state index in [9.17, 15) is 10.2 Å². The molecule has 0 amide bonds. The Morgan fingerprint density at radius 1 is 1.10 bits per heavy atom. The van der Waals surface area contributed by atoms with Crippen molar-refractivity contribution in [2.45, 2.75) is 5.92 Å². The summed E-state index contributed by atoms with van der Waals surface area (Å²) in [5, 5.41) is 19.1. The van der Waals surface area contributed by atoms with Gasteiger partial charge >= 0.3 is 0 Å². The lowest BCUT2D eigenvalue weighted by molar-refractivity contribution is 0.373. The molecule has 0 heterocycles. The molecule has 2 aromatic carbocycles. The van der Waals surface area contributed by atoms with Crippen molar-refractivity contribution in [1.29, 1.82) is 0 Å². The van der Waals surface area contributed by atoms with E-state index in [1.54, 1.807) is 24.3 Å². The van der Waals surface area contributed by atoms with Crippen LogP contribution in [0.1, 0.15) is 17.0 Å². The second-order valence-electron chi connectivity index (χ2n) is 4.64. The molecule has 0 saturated heterocycles. The third-order valence-corrected chi connectivity index (χ3v) is 3.23. The fourth-order valence-electron chi connectivity index (χ4n) is 2.05. The molecule has 21 heavy (non-hydrogen) atoms. The van der Waals surface area contributed by atoms with Crippen molar-refractivity contribution in [1.82, 2.24) is 0 Å². The van der Waals surface area contributed by atoms with E-state index in [1.165, 1.54) is 7.11 Å². The van der Waals surface area contributed by atoms with Crippen molar-refractivity contribution in [3.63, 3.8) is 0 Å². The second kappa shape index (κ2) is 6.66. The topological polar surface area (TPSA) is 49.7 Å². The molecular weight excluding hydrogens is 264 g/mol. The van der Waals surface area contributed by atoms with Crippen molar-refractivity contribution in [2.75, 3.05) is 7.11 Å². The first-order chi connectivity index (χ1) is 10.1. The first kappa shape index (κ1) is 14.7. The number of phenols is 2. The zero-order valence-electron chi connectivity index (χ0n) is 11.9. The van der Waals surface area contributed by atoms with Gasteiger partial charge in [-0.05, 0) is 35.4 Å². The largest absolute Gasteiger partial charge is 0.508 e. The summed E-state index contributed by atoms with van der Waals surface area (Å²) in [6.07, 6.45) is 5.73. The molecule has 0 aliphatic rings. The summed E-state index contributed by atoms with van der Waals surface area (Å²) in [6.45, 7) is 3.83. The molecule has 3 heteroatoms. The van der Waals surface area contributed by atoms with Crippen molar-refractivity contribution in [3.05, 3.63) is 72.3 Å². The zero-order valence-corrected chi connectivity index (χ0v) is 11.9. The monoisotopic (exact) mass is 282 g/mol. The molecule has 0 fully saturated rings. The quantitative estimate of drug-likeness (QED) is 0.812. The number of rotatable bonds is 5. The van der Waals surface area contributed by atoms with E-state index in [4.69, 9.17) is 4.74 Å². The van der Waals surface area contributed by atoms with Crippen LogP contribution in [0.25, 0.3) is 6.08 Å². The van der Waals surface area contributed by atoms with Gasteiger partial charge in [0.2, 0.25) is 0 Å². The highest BCUT2D eigenvalue weighted by Crippen LogP contribution is 2.28. The van der Waals surface area contributed by atoms with Crippen molar-refractivity contribution in [3.8, 4) is 17.2 Å². The summed E-state index contributed by atoms with van der Waals surface area (Å²) >= 11 is 0. The Bertz CT molecular complexity index is 642. The lowest BCUT2D eigenvalue weighted by atomic mass is 9.98. The predicted molar refractivity (Wildman–Crippen MR) is 84.7 cm³/mol. The standard InChI is InChI=1S/C18H18O3/c1-3-14(15-7-9-16(19)10-8-15)6-4-13-5-11-18(21-2)17(20)12-13/h3-12,14,19-20H,1H2,2H3/b6-4-. The van der Waals surface area contributed by atoms with E-state index in [2.05, 4.69) is 6.58 Å². The number of allylic oxidation sites excluding steroid dienone is 2. The van der Waals surface area contributed by atoms with Crippen LogP contribution in [0.3, 0.4) is 0 Å². The number of aromatic hydroxyl groups is 2. The highest BCUT2D eigenvalue weighted by molar-refractivity contribution is 5.56. The van der Waals surface area contributed by atoms with Crippen LogP contribution in [-0.2, 0) is 0 Å². The van der Waals surface area contributed by atoms with Crippen LogP contribution in [0.15, 0.2) is 61.2 Å². The van der Waals surface area contributed by atoms with E-state index in [-0.39, 0.29) is 17.4 Å². The van der Waals surface area contributed by atoms with Gasteiger partial charge in [-0.1, -0.05) is 36.4 Å². The van der Waals surface area contributed by atoms with E-state index >= 15 is 0 Å². The number of ether oxygens (including phenoxy) is 1. The first-order valence-corrected chi connectivity index (χ1v) is 6.60. The van der Waals surface area contributed by atoms with E-state index in [0.29, 0.717) is 5.75 Å². The maximum absolute atomic E-state index is 9.75. The maximum Gasteiger partial charge on any atom is 0.160 e. The fraction of sp³-hybridized carbons (Fsp3) is 0.111. The Labute approximate surface area is 124 Å². The van der Waals surface area contributed by atoms with Crippen molar-refractivity contribution < 1.29 is 14.9 Å². The molecule has 2 rings (SSSR count). The number of hydrogen-bond acceptors (Lipinski definition) is 3. The molecule has 0 spiro atoms. The minimum Gasteiger partial charge on any atom is -0.508 e. The van der Waals surface area contributed by atoms with Crippen LogP contribution in [0.5, 0.6) is 17.2 Å². The van der Waals surface area contributed by atoms with Gasteiger partial charge in [0.05, 0.1) is 7.11 Å². The van der Waals surface area contributed by atoms with Crippen LogP contribution in [0.4, 0.5) is 0 Å². The third kappa shape index (κ3) is 3.66. The average molecular weight is 282 g/mol. The molecule has 2 aromatic rings. The molecule has 108 valence electrons. The second-order valence-corrected chi connectivity index (χ2v) is 4.64. The Hall–Kier alpha value is -2.68. The summed E-state index contributed by atoms with van der Waals surface area (Å²) in [7, 11) is 1.52. The number of hydrogen-bond donors (Lipinski definition) is 2. The summed E-state index contributed by atoms with van der Waals surface area (Å²) in [5.74, 6) is 0.839. The van der Waals surface area contributed by atoms with E-state index in [0.717, 1.165) is 11.1 Å². The summed E-state index contributed by atoms with van der Waals surface area (Å²) in [5.41, 5.74) is 1.91. The molecular formula is C18H18O3. The smallest absolute Gasteiger partial charge is 0.160 e. The number of phenolic OH excluding ortho intramolecular Hbond substituents is 2. The zero-order chi connectivity index (χ0) is 15.2. The molecule has 0 radical (unpaired) electrons. The summed E-state index contributed by atoms with van der Waals surface area (Å²) in [4.78, 5) is 0. The highest BCUT2D eigenvalue weighted by atomic mass is 16.5. The van der Waals surface area contributed by atoms with Gasteiger partial charge < -0.3 is 14.9 Å². The Kier molecular flexibility index (Phi) is 4.67. The van der Waals surface area contributed by atoms with Gasteiger partial charge in [-0.3, -0.25) is 0 Å². The Morgan fingerprint density at radius 2 is 1.81 bits per heavy atom. The summed E-state index contributed by atoms with van der Waals surface area (Å²) < 4.78 is 5.01. The van der Waals surface area contributed by atoms with E-state index < -0.39 is 0 Å². The number of benzene rings is 2. The molecule has 0 aliphatic carbocycles. The van der Waals surface area contributed by atoms with Gasteiger partial charge in [0.15, 0.2) is 11.5 Å². The summed E-state index contributed by atoms with van der Waals surface area (Å²) in [6, 6.07) is 12.3. The minimum atomic E-state index is 0.0369. The highest BCUT2D eigenvalue weighted by Gasteiger charge is 2.04. The van der Waals surface area contributed by atoms with Gasteiger partial charge in [-0.15, -0.1) is 6.58 Å². The fourth-order valence-corrected chi connectivity index (χ4v) is 2.05. The van der Waals surface area contributed by atoms with Crippen LogP contribution in [-0.4, -0.2) is 17.3 Å². The minimum absolute atomic E-state index is 0.0369. The van der Waals surface area contributed by atoms with Crippen LogP contribution >= 0.6 is 0 Å². The molecule has 2 N–H and O–H groups in total. The predicted octanol–water partition coefficient (Wildman–Crippen LogP) is 4.09. The molecule has 0 bridgehead atoms. The van der Waals surface area contributed by atoms with Gasteiger partial charge in [0, 0.05) is 5.92 Å². The lowest BCUT2D eigenvalue weighted by Gasteiger charge is -2.08. The van der Waals surface area contributed by atoms with E-state index in [1.807, 2.05) is 36.4 Å². The van der Waals surface area contributed by atoms with Crippen LogP contribution < -0.4 is 4.74 Å². The molecule has 3 nitrogen and oxygen atoms in total. The average Bonchev–Trinajstić information content (AvgIpc) is 2.49. The first-order valence-electron chi connectivity index (χ1n) is 6.60. The van der Waals surface area contributed by atoms with Crippen LogP contribution in [0, 0.1) is 0 Å². The molecule has 1 unspecified atom stereocenters. The third-order valence-electron chi connectivity index (χ3n) is 3.23. The molecule has 0 aliphatic heterocycles. The van der Waals surface area contributed by atoms with Crippen molar-refractivity contribution >= 4 is 6.08 Å². The molecule has 1 atom stereocenters. The molecule has 0 aromatic heterocycles. The van der Waals surface area contributed by atoms with Crippen LogP contribution in [0.2, 0.25) is 0 Å². The Balaban J connectivity index is 2.19. The molecule has 0 saturated carbocycles. The van der Waals surface area contributed by atoms with Gasteiger partial charge in [-0.25, -0.2) is 0 Å². The number of methoxy groups -OCH3 is 1. The lowest BCUT2D eigenvalue weighted by Crippen LogP contribution is -1.90. The van der Waals surface area contributed by atoms with Gasteiger partial charge in [0.25, 0.3) is 0 Å².